The first kappa shape index (κ1) is 30.6. The van der Waals surface area contributed by atoms with E-state index in [0.29, 0.717) is 28.3 Å². The van der Waals surface area contributed by atoms with Gasteiger partial charge in [-0.25, -0.2) is 4.90 Å². The van der Waals surface area contributed by atoms with E-state index in [4.69, 9.17) is 9.47 Å². The van der Waals surface area contributed by atoms with Gasteiger partial charge in [-0.2, -0.15) is 0 Å². The van der Waals surface area contributed by atoms with Crippen molar-refractivity contribution in [2.75, 3.05) is 19.1 Å². The molecule has 0 aromatic heterocycles. The number of methoxy groups -OCH3 is 2. The molecule has 2 aliphatic carbocycles. The Morgan fingerprint density at radius 2 is 0.980 bits per heavy atom. The molecular weight excluding hydrogens is 610 g/mol. The number of hydrogen-bond acceptors (Lipinski definition) is 5. The molecule has 1 saturated heterocycles. The quantitative estimate of drug-likeness (QED) is 0.171. The molecule has 2 bridgehead atoms. The second-order valence-corrected chi connectivity index (χ2v) is 13.1. The van der Waals surface area contributed by atoms with Gasteiger partial charge in [-0.05, 0) is 83.1 Å². The first-order chi connectivity index (χ1) is 23.8. The molecule has 8 rings (SSSR count). The molecule has 2 fully saturated rings. The third kappa shape index (κ3) is 3.97. The summed E-state index contributed by atoms with van der Waals surface area (Å²) in [5, 5.41) is 0. The molecule has 0 N–H and O–H groups in total. The second kappa shape index (κ2) is 11.2. The number of ketones is 1. The fraction of sp³-hybridized carbons (Fsp3) is 0.186. The van der Waals surface area contributed by atoms with E-state index in [1.165, 1.54) is 4.90 Å². The van der Waals surface area contributed by atoms with Gasteiger partial charge < -0.3 is 9.47 Å². The Kier molecular flexibility index (Phi) is 6.97. The number of rotatable bonds is 7. The van der Waals surface area contributed by atoms with Crippen LogP contribution in [0.1, 0.15) is 33.4 Å². The van der Waals surface area contributed by atoms with Crippen molar-refractivity contribution in [3.05, 3.63) is 161 Å². The van der Waals surface area contributed by atoms with Crippen LogP contribution in [0.4, 0.5) is 5.69 Å². The Hall–Kier alpha value is -5.75. The fourth-order valence-corrected chi connectivity index (χ4v) is 8.93. The number of aryl methyl sites for hydroxylation is 2. The highest BCUT2D eigenvalue weighted by atomic mass is 16.5. The molecular formula is C43H35NO5. The average molecular weight is 646 g/mol. The molecule has 2 amide bonds. The van der Waals surface area contributed by atoms with Crippen LogP contribution in [0.25, 0.3) is 11.1 Å². The molecule has 6 nitrogen and oxygen atoms in total. The zero-order valence-corrected chi connectivity index (χ0v) is 27.8. The molecule has 0 spiro atoms. The van der Waals surface area contributed by atoms with Crippen LogP contribution in [-0.2, 0) is 25.2 Å². The molecule has 242 valence electrons. The zero-order valence-electron chi connectivity index (χ0n) is 27.8. The summed E-state index contributed by atoms with van der Waals surface area (Å²) in [4.78, 5) is 47.9. The summed E-state index contributed by atoms with van der Waals surface area (Å²) in [5.41, 5.74) is 3.83. The lowest BCUT2D eigenvalue weighted by Crippen LogP contribution is -2.45. The van der Waals surface area contributed by atoms with Gasteiger partial charge in [0, 0.05) is 0 Å². The lowest BCUT2D eigenvalue weighted by molar-refractivity contribution is -0.130. The Bertz CT molecular complexity index is 2040. The molecule has 1 heterocycles. The SMILES string of the molecule is COc1ccc(C2=C(c3ccc(OC)cc3)[C@]3(c4ccccc4)C(=O)[C@]2(c2ccccc2)[C@@H]2C(=O)N(c4ccc(C)cc4C)C(=O)[C@@H]23)cc1. The van der Waals surface area contributed by atoms with Crippen LogP contribution in [0.2, 0.25) is 0 Å². The number of fused-ring (bicyclic) bond motifs is 5. The maximum Gasteiger partial charge on any atom is 0.239 e. The number of imide groups is 1. The number of benzene rings is 5. The predicted octanol–water partition coefficient (Wildman–Crippen LogP) is 7.51. The van der Waals surface area contributed by atoms with E-state index < -0.39 is 22.7 Å². The number of anilines is 1. The van der Waals surface area contributed by atoms with Gasteiger partial charge in [-0.1, -0.05) is 103 Å². The minimum Gasteiger partial charge on any atom is -0.497 e. The molecule has 0 radical (unpaired) electrons. The van der Waals surface area contributed by atoms with Crippen molar-refractivity contribution >= 4 is 34.4 Å². The maximum absolute atomic E-state index is 16.1. The van der Waals surface area contributed by atoms with Gasteiger partial charge in [-0.3, -0.25) is 14.4 Å². The number of ether oxygens (including phenoxy) is 2. The maximum atomic E-state index is 16.1. The monoisotopic (exact) mass is 645 g/mol. The number of amides is 2. The largest absolute Gasteiger partial charge is 0.497 e. The van der Waals surface area contributed by atoms with E-state index in [2.05, 4.69) is 0 Å². The molecule has 6 heteroatoms. The van der Waals surface area contributed by atoms with Gasteiger partial charge in [0.15, 0.2) is 5.78 Å². The minimum absolute atomic E-state index is 0.161. The van der Waals surface area contributed by atoms with Gasteiger partial charge in [-0.15, -0.1) is 0 Å². The summed E-state index contributed by atoms with van der Waals surface area (Å²) in [7, 11) is 3.23. The Morgan fingerprint density at radius 1 is 0.551 bits per heavy atom. The lowest BCUT2D eigenvalue weighted by atomic mass is 9.59. The van der Waals surface area contributed by atoms with Gasteiger partial charge in [0.1, 0.15) is 11.5 Å². The molecule has 5 aromatic carbocycles. The van der Waals surface area contributed by atoms with Crippen molar-refractivity contribution in [2.45, 2.75) is 24.7 Å². The van der Waals surface area contributed by atoms with Crippen LogP contribution >= 0.6 is 0 Å². The lowest BCUT2D eigenvalue weighted by Gasteiger charge is -2.39. The number of allylic oxidation sites excluding steroid dienone is 2. The molecule has 4 atom stereocenters. The summed E-state index contributed by atoms with van der Waals surface area (Å²) in [6.45, 7) is 3.90. The zero-order chi connectivity index (χ0) is 34.1. The molecule has 1 aliphatic heterocycles. The predicted molar refractivity (Wildman–Crippen MR) is 189 cm³/mol. The minimum atomic E-state index is -1.48. The normalized spacial score (nSPS) is 24.1. The van der Waals surface area contributed by atoms with Gasteiger partial charge in [0.25, 0.3) is 0 Å². The smallest absolute Gasteiger partial charge is 0.239 e. The average Bonchev–Trinajstić information content (AvgIpc) is 3.64. The molecule has 0 unspecified atom stereocenters. The fourth-order valence-electron chi connectivity index (χ4n) is 8.93. The van der Waals surface area contributed by atoms with Crippen LogP contribution in [-0.4, -0.2) is 31.8 Å². The standard InChI is InChI=1S/C43H35NO5/c1-26-15-24-34(27(2)25-26)44-39(45)37-38(40(44)46)43(31-13-9-6-10-14-31)36(29-18-22-33(49-4)23-19-29)35(28-16-20-32(48-3)21-17-28)42(37,41(43)47)30-11-7-5-8-12-30/h5-25,37-38H,1-4H3/t37-,38+,42-,43-/m0/s1. The third-order valence-electron chi connectivity index (χ3n) is 10.8. The Balaban J connectivity index is 1.54. The van der Waals surface area contributed by atoms with E-state index in [0.717, 1.165) is 33.4 Å². The van der Waals surface area contributed by atoms with E-state index in [9.17, 15) is 0 Å². The number of hydrogen-bond donors (Lipinski definition) is 0. The summed E-state index contributed by atoms with van der Waals surface area (Å²) < 4.78 is 11.1. The van der Waals surface area contributed by atoms with Crippen LogP contribution < -0.4 is 14.4 Å². The highest BCUT2D eigenvalue weighted by Crippen LogP contribution is 2.74. The number of Topliss-reactive ketones (excluding diaryl/α,β-unsaturated/α-hetero) is 1. The highest BCUT2D eigenvalue weighted by molar-refractivity contribution is 6.39. The number of carbonyl (C=O) groups excluding carboxylic acids is 3. The third-order valence-corrected chi connectivity index (χ3v) is 10.8. The van der Waals surface area contributed by atoms with Crippen LogP contribution in [0.15, 0.2) is 127 Å². The van der Waals surface area contributed by atoms with Crippen molar-refractivity contribution in [1.29, 1.82) is 0 Å². The van der Waals surface area contributed by atoms with E-state index in [-0.39, 0.29) is 17.6 Å². The summed E-state index contributed by atoms with van der Waals surface area (Å²) in [6, 6.07) is 40.1. The van der Waals surface area contributed by atoms with E-state index >= 15 is 14.4 Å². The van der Waals surface area contributed by atoms with Crippen molar-refractivity contribution in [1.82, 2.24) is 0 Å². The van der Waals surface area contributed by atoms with Crippen molar-refractivity contribution < 1.29 is 23.9 Å². The van der Waals surface area contributed by atoms with Crippen LogP contribution in [0.5, 0.6) is 11.5 Å². The molecule has 49 heavy (non-hydrogen) atoms. The summed E-state index contributed by atoms with van der Waals surface area (Å²) in [5.74, 6) is -1.53. The second-order valence-electron chi connectivity index (χ2n) is 13.1. The summed E-state index contributed by atoms with van der Waals surface area (Å²) in [6.07, 6.45) is 0. The Morgan fingerprint density at radius 3 is 1.37 bits per heavy atom. The van der Waals surface area contributed by atoms with Crippen LogP contribution in [0.3, 0.4) is 0 Å². The van der Waals surface area contributed by atoms with Crippen molar-refractivity contribution in [3.63, 3.8) is 0 Å². The van der Waals surface area contributed by atoms with Gasteiger partial charge >= 0.3 is 0 Å². The first-order valence-corrected chi connectivity index (χ1v) is 16.4. The topological polar surface area (TPSA) is 72.9 Å². The molecule has 5 aromatic rings. The molecule has 3 aliphatic rings. The first-order valence-electron chi connectivity index (χ1n) is 16.4. The van der Waals surface area contributed by atoms with Crippen molar-refractivity contribution in [3.8, 4) is 11.5 Å². The van der Waals surface area contributed by atoms with Crippen molar-refractivity contribution in [2.24, 2.45) is 11.8 Å². The molecule has 1 saturated carbocycles. The van der Waals surface area contributed by atoms with Gasteiger partial charge in [0.05, 0.1) is 42.6 Å². The Labute approximate surface area is 285 Å². The van der Waals surface area contributed by atoms with Crippen LogP contribution in [0, 0.1) is 25.7 Å². The number of carbonyl (C=O) groups is 3. The van der Waals surface area contributed by atoms with E-state index in [1.54, 1.807) is 14.2 Å². The van der Waals surface area contributed by atoms with E-state index in [1.807, 2.05) is 141 Å². The van der Waals surface area contributed by atoms with Gasteiger partial charge in [0.2, 0.25) is 11.8 Å². The summed E-state index contributed by atoms with van der Waals surface area (Å²) >= 11 is 0. The number of nitrogens with zero attached hydrogens (tertiary/aromatic N) is 1. The highest BCUT2D eigenvalue weighted by Gasteiger charge is 2.82.